The molecule has 5 nitrogen and oxygen atoms in total. The summed E-state index contributed by atoms with van der Waals surface area (Å²) in [6, 6.07) is 2.29. The molecule has 0 saturated heterocycles. The van der Waals surface area contributed by atoms with Gasteiger partial charge in [-0.15, -0.1) is 21.5 Å². The molecule has 8 heteroatoms. The minimum atomic E-state index is -0.0464. The Morgan fingerprint density at radius 3 is 3.04 bits per heavy atom. The van der Waals surface area contributed by atoms with Crippen LogP contribution in [0.1, 0.15) is 41.7 Å². The van der Waals surface area contributed by atoms with Gasteiger partial charge in [0.2, 0.25) is 5.91 Å². The van der Waals surface area contributed by atoms with E-state index in [4.69, 9.17) is 0 Å². The van der Waals surface area contributed by atoms with Crippen LogP contribution < -0.4 is 5.32 Å². The van der Waals surface area contributed by atoms with Gasteiger partial charge >= 0.3 is 0 Å². The molecule has 0 fully saturated rings. The number of thiophene rings is 1. The van der Waals surface area contributed by atoms with Gasteiger partial charge in [0.25, 0.3) is 0 Å². The fraction of sp³-hybridized carbons (Fsp3) is 0.467. The zero-order valence-electron chi connectivity index (χ0n) is 12.5. The van der Waals surface area contributed by atoms with E-state index in [-0.39, 0.29) is 5.91 Å². The van der Waals surface area contributed by atoms with Gasteiger partial charge < -0.3 is 5.32 Å². The number of anilines is 1. The number of rotatable bonds is 5. The number of aromatic nitrogens is 2. The molecule has 1 aliphatic rings. The van der Waals surface area contributed by atoms with Crippen molar-refractivity contribution in [1.82, 2.24) is 10.2 Å². The first-order valence-electron chi connectivity index (χ1n) is 7.51. The maximum Gasteiger partial charge on any atom is 0.225 e. The largest absolute Gasteiger partial charge is 0.317 e. The molecule has 0 aliphatic heterocycles. The summed E-state index contributed by atoms with van der Waals surface area (Å²) in [6.07, 6.45) is 5.90. The highest BCUT2D eigenvalue weighted by atomic mass is 32.2. The second-order valence-corrected chi connectivity index (χ2v) is 8.51. The van der Waals surface area contributed by atoms with Crippen LogP contribution in [0.3, 0.4) is 0 Å². The summed E-state index contributed by atoms with van der Waals surface area (Å²) in [6.45, 7) is 0. The lowest BCUT2D eigenvalue weighted by Crippen LogP contribution is -2.12. The Bertz CT molecular complexity index is 718. The smallest absolute Gasteiger partial charge is 0.225 e. The summed E-state index contributed by atoms with van der Waals surface area (Å²) in [5.41, 5.74) is 3.52. The molecule has 120 valence electrons. The number of carbonyl (C=O) groups excluding carboxylic acids is 1. The summed E-state index contributed by atoms with van der Waals surface area (Å²) in [7, 11) is 0. The number of hydrogen-bond acceptors (Lipinski definition) is 7. The summed E-state index contributed by atoms with van der Waals surface area (Å²) in [4.78, 5) is 13.4. The van der Waals surface area contributed by atoms with E-state index in [2.05, 4.69) is 21.6 Å². The number of nitriles is 1. The maximum absolute atomic E-state index is 12.1. The van der Waals surface area contributed by atoms with Crippen LogP contribution in [0, 0.1) is 11.3 Å². The summed E-state index contributed by atoms with van der Waals surface area (Å²) < 4.78 is 0.873. The molecule has 0 spiro atoms. The van der Waals surface area contributed by atoms with Crippen molar-refractivity contribution >= 4 is 45.3 Å². The zero-order valence-corrected chi connectivity index (χ0v) is 15.0. The van der Waals surface area contributed by atoms with E-state index in [1.807, 2.05) is 0 Å². The minimum Gasteiger partial charge on any atom is -0.317 e. The highest BCUT2D eigenvalue weighted by molar-refractivity contribution is 8.01. The van der Waals surface area contributed by atoms with Crippen LogP contribution in [0.5, 0.6) is 0 Å². The fourth-order valence-corrected chi connectivity index (χ4v) is 5.35. The van der Waals surface area contributed by atoms with Crippen molar-refractivity contribution in [1.29, 1.82) is 5.26 Å². The highest BCUT2D eigenvalue weighted by Gasteiger charge is 2.20. The first kappa shape index (κ1) is 16.4. The van der Waals surface area contributed by atoms with Crippen LogP contribution >= 0.6 is 34.4 Å². The molecule has 0 radical (unpaired) electrons. The fourth-order valence-electron chi connectivity index (χ4n) is 2.60. The predicted octanol–water partition coefficient (Wildman–Crippen LogP) is 3.86. The van der Waals surface area contributed by atoms with Gasteiger partial charge in [-0.05, 0) is 31.2 Å². The molecule has 1 amide bonds. The molecule has 0 saturated carbocycles. The Hall–Kier alpha value is -1.43. The molecule has 3 rings (SSSR count). The molecule has 2 heterocycles. The van der Waals surface area contributed by atoms with Crippen molar-refractivity contribution in [3.8, 4) is 6.07 Å². The summed E-state index contributed by atoms with van der Waals surface area (Å²) >= 11 is 4.58. The van der Waals surface area contributed by atoms with Crippen molar-refractivity contribution in [2.24, 2.45) is 0 Å². The molecule has 0 unspecified atom stereocenters. The second-order valence-electron chi connectivity index (χ2n) is 5.23. The normalized spacial score (nSPS) is 13.9. The molecule has 2 aromatic rings. The molecule has 0 aromatic carbocycles. The van der Waals surface area contributed by atoms with Crippen LogP contribution in [0.4, 0.5) is 5.00 Å². The number of carbonyl (C=O) groups is 1. The molecule has 1 N–H and O–H groups in total. The quantitative estimate of drug-likeness (QED) is 0.644. The molecular weight excluding hydrogens is 348 g/mol. The maximum atomic E-state index is 12.1. The van der Waals surface area contributed by atoms with Crippen molar-refractivity contribution < 1.29 is 4.79 Å². The van der Waals surface area contributed by atoms with Crippen LogP contribution in [-0.4, -0.2) is 21.9 Å². The molecule has 0 atom stereocenters. The van der Waals surface area contributed by atoms with Crippen LogP contribution in [0.25, 0.3) is 0 Å². The first-order valence-corrected chi connectivity index (χ1v) is 10.2. The van der Waals surface area contributed by atoms with Crippen molar-refractivity contribution in [3.05, 3.63) is 21.5 Å². The lowest BCUT2D eigenvalue weighted by atomic mass is 10.1. The predicted molar refractivity (Wildman–Crippen MR) is 94.2 cm³/mol. The van der Waals surface area contributed by atoms with E-state index < -0.39 is 0 Å². The van der Waals surface area contributed by atoms with Gasteiger partial charge in [-0.1, -0.05) is 29.5 Å². The zero-order chi connectivity index (χ0) is 16.1. The third-order valence-corrected chi connectivity index (χ3v) is 6.75. The Balaban J connectivity index is 1.61. The highest BCUT2D eigenvalue weighted by Crippen LogP contribution is 2.37. The van der Waals surface area contributed by atoms with Crippen LogP contribution in [0.15, 0.2) is 9.85 Å². The van der Waals surface area contributed by atoms with E-state index in [0.29, 0.717) is 17.7 Å². The lowest BCUT2D eigenvalue weighted by molar-refractivity contribution is -0.115. The Labute approximate surface area is 147 Å². The Morgan fingerprint density at radius 2 is 2.26 bits per heavy atom. The number of nitrogens with one attached hydrogen (secondary N) is 1. The van der Waals surface area contributed by atoms with Gasteiger partial charge in [0.1, 0.15) is 16.6 Å². The average Bonchev–Trinajstić information content (AvgIpc) is 3.10. The Morgan fingerprint density at radius 1 is 1.39 bits per heavy atom. The van der Waals surface area contributed by atoms with E-state index in [1.165, 1.54) is 40.8 Å². The van der Waals surface area contributed by atoms with Crippen LogP contribution in [0.2, 0.25) is 0 Å². The molecule has 1 aliphatic carbocycles. The number of nitrogens with zero attached hydrogens (tertiary/aromatic N) is 3. The molecule has 23 heavy (non-hydrogen) atoms. The topological polar surface area (TPSA) is 78.7 Å². The van der Waals surface area contributed by atoms with Gasteiger partial charge in [0.15, 0.2) is 4.34 Å². The molecule has 0 bridgehead atoms. The number of fused-ring (bicyclic) bond motifs is 1. The van der Waals surface area contributed by atoms with E-state index >= 15 is 0 Å². The van der Waals surface area contributed by atoms with Gasteiger partial charge in [-0.3, -0.25) is 4.79 Å². The van der Waals surface area contributed by atoms with Gasteiger partial charge in [0, 0.05) is 17.1 Å². The number of thioether (sulfide) groups is 1. The van der Waals surface area contributed by atoms with Gasteiger partial charge in [-0.2, -0.15) is 5.26 Å². The average molecular weight is 365 g/mol. The summed E-state index contributed by atoms with van der Waals surface area (Å²) in [5, 5.41) is 20.8. The summed E-state index contributed by atoms with van der Waals surface area (Å²) in [5.74, 6) is 0.614. The monoisotopic (exact) mass is 364 g/mol. The molecule has 2 aromatic heterocycles. The lowest BCUT2D eigenvalue weighted by Gasteiger charge is -2.03. The second kappa shape index (κ2) is 7.90. The van der Waals surface area contributed by atoms with E-state index in [1.54, 1.807) is 16.8 Å². The number of hydrogen-bond donors (Lipinski definition) is 1. The van der Waals surface area contributed by atoms with E-state index in [0.717, 1.165) is 34.2 Å². The van der Waals surface area contributed by atoms with Gasteiger partial charge in [0.05, 0.1) is 5.56 Å². The molecular formula is C15H16N4OS3. The minimum absolute atomic E-state index is 0.0464. The van der Waals surface area contributed by atoms with Crippen LogP contribution in [-0.2, 0) is 17.6 Å². The third-order valence-electron chi connectivity index (χ3n) is 3.68. The van der Waals surface area contributed by atoms with Crippen molar-refractivity contribution in [2.75, 3.05) is 11.1 Å². The third kappa shape index (κ3) is 4.10. The standard InChI is InChI=1S/C15H16N4OS3/c16-8-11-10-4-2-1-3-5-12(10)23-14(11)18-13(20)6-7-21-15-19-17-9-22-15/h9H,1-7H2,(H,18,20). The SMILES string of the molecule is N#Cc1c(NC(=O)CCSc2nncs2)sc2c1CCCCC2. The first-order chi connectivity index (χ1) is 11.3. The van der Waals surface area contributed by atoms with Crippen molar-refractivity contribution in [3.63, 3.8) is 0 Å². The van der Waals surface area contributed by atoms with Crippen molar-refractivity contribution in [2.45, 2.75) is 42.9 Å². The van der Waals surface area contributed by atoms with E-state index in [9.17, 15) is 10.1 Å². The number of aryl methyl sites for hydroxylation is 1. The van der Waals surface area contributed by atoms with Gasteiger partial charge in [-0.25, -0.2) is 0 Å². The Kier molecular flexibility index (Phi) is 5.65. The number of amides is 1.